The smallest absolute Gasteiger partial charge is 0.285 e. The molecule has 0 fully saturated rings. The molecular weight excluding hydrogens is 598 g/mol. The SMILES string of the molecule is CN(C)C(=O)Sc1cccc(F)c1P(c1c(F)cccc1SC(=O)N(C)C)c1c(F)cccc1SC(=O)N(C)C. The minimum atomic E-state index is -2.42. The molecule has 3 rings (SSSR count). The Bertz CT molecular complexity index is 1270. The molecular formula is C27H27F3N3O3PS3. The largest absolute Gasteiger partial charge is 0.339 e. The van der Waals surface area contributed by atoms with Crippen LogP contribution in [0, 0.1) is 17.5 Å². The lowest BCUT2D eigenvalue weighted by molar-refractivity contribution is 0.240. The number of carbonyl (C=O) groups excluding carboxylic acids is 3. The molecule has 3 aromatic rings. The fourth-order valence-electron chi connectivity index (χ4n) is 3.28. The van der Waals surface area contributed by atoms with Crippen molar-refractivity contribution in [2.24, 2.45) is 0 Å². The lowest BCUT2D eigenvalue weighted by atomic mass is 10.3. The molecule has 0 aliphatic carbocycles. The molecule has 0 aliphatic rings. The average molecular weight is 626 g/mol. The highest BCUT2D eigenvalue weighted by molar-refractivity contribution is 8.15. The maximum Gasteiger partial charge on any atom is 0.285 e. The van der Waals surface area contributed by atoms with E-state index in [0.29, 0.717) is 0 Å². The Hall–Kier alpha value is -2.66. The summed E-state index contributed by atoms with van der Waals surface area (Å²) in [5, 5.41) is -1.53. The zero-order valence-electron chi connectivity index (χ0n) is 22.6. The normalized spacial score (nSPS) is 10.9. The molecule has 0 bridgehead atoms. The van der Waals surface area contributed by atoms with Crippen LogP contribution in [0.15, 0.2) is 69.3 Å². The molecule has 0 N–H and O–H groups in total. The zero-order chi connectivity index (χ0) is 29.7. The Morgan fingerprint density at radius 2 is 0.775 bits per heavy atom. The van der Waals surface area contributed by atoms with Gasteiger partial charge in [0.05, 0.1) is 0 Å². The minimum absolute atomic E-state index is 0.0915. The molecule has 0 saturated carbocycles. The van der Waals surface area contributed by atoms with E-state index < -0.39 is 41.1 Å². The van der Waals surface area contributed by atoms with Crippen LogP contribution in [0.25, 0.3) is 0 Å². The van der Waals surface area contributed by atoms with Gasteiger partial charge in [-0.05, 0) is 79.6 Å². The Morgan fingerprint density at radius 1 is 0.525 bits per heavy atom. The molecule has 0 heterocycles. The molecule has 0 saturated heterocycles. The number of halogens is 3. The first kappa shape index (κ1) is 31.9. The lowest BCUT2D eigenvalue weighted by Crippen LogP contribution is -2.31. The summed E-state index contributed by atoms with van der Waals surface area (Å²) >= 11 is 2.18. The number of nitrogens with zero attached hydrogens (tertiary/aromatic N) is 3. The van der Waals surface area contributed by atoms with Gasteiger partial charge >= 0.3 is 0 Å². The number of hydrogen-bond acceptors (Lipinski definition) is 6. The standard InChI is InChI=1S/C27H27F3N3O3PS3/c1-31(2)25(34)38-19-13-7-10-16(28)22(19)37(23-17(29)11-8-14-20(23)39-26(35)32(3)4)24-18(30)12-9-15-21(24)40-27(36)33(5)6/h7-15H,1-6H3. The van der Waals surface area contributed by atoms with Crippen LogP contribution in [-0.2, 0) is 0 Å². The second kappa shape index (κ2) is 13.8. The van der Waals surface area contributed by atoms with Crippen LogP contribution in [0.5, 0.6) is 0 Å². The summed E-state index contributed by atoms with van der Waals surface area (Å²) in [6.07, 6.45) is 0. The van der Waals surface area contributed by atoms with E-state index in [0.717, 1.165) is 53.5 Å². The summed E-state index contributed by atoms with van der Waals surface area (Å²) < 4.78 is 47.7. The molecule has 0 aromatic heterocycles. The summed E-state index contributed by atoms with van der Waals surface area (Å²) in [5.74, 6) is -2.34. The Kier molecular flexibility index (Phi) is 11.0. The highest BCUT2D eigenvalue weighted by Gasteiger charge is 2.34. The van der Waals surface area contributed by atoms with E-state index in [1.54, 1.807) is 0 Å². The second-order valence-corrected chi connectivity index (χ2v) is 13.9. The van der Waals surface area contributed by atoms with Gasteiger partial charge in [0.25, 0.3) is 15.7 Å². The van der Waals surface area contributed by atoms with Crippen molar-refractivity contribution in [2.45, 2.75) is 14.7 Å². The zero-order valence-corrected chi connectivity index (χ0v) is 25.9. The van der Waals surface area contributed by atoms with Crippen molar-refractivity contribution in [3.63, 3.8) is 0 Å². The van der Waals surface area contributed by atoms with Crippen molar-refractivity contribution in [1.82, 2.24) is 14.7 Å². The Morgan fingerprint density at radius 3 is 1.00 bits per heavy atom. The first-order valence-corrected chi connectivity index (χ1v) is 15.5. The summed E-state index contributed by atoms with van der Waals surface area (Å²) in [6, 6.07) is 12.2. The third-order valence-electron chi connectivity index (χ3n) is 5.21. The van der Waals surface area contributed by atoms with E-state index in [-0.39, 0.29) is 30.6 Å². The fourth-order valence-corrected chi connectivity index (χ4v) is 9.06. The maximum atomic E-state index is 15.9. The third-order valence-corrected chi connectivity index (χ3v) is 11.7. The van der Waals surface area contributed by atoms with Gasteiger partial charge < -0.3 is 14.7 Å². The molecule has 212 valence electrons. The number of hydrogen-bond donors (Lipinski definition) is 0. The summed E-state index contributed by atoms with van der Waals surface area (Å²) in [6.45, 7) is 0. The summed E-state index contributed by atoms with van der Waals surface area (Å²) in [5.41, 5.74) is 0. The van der Waals surface area contributed by atoms with Gasteiger partial charge in [0.2, 0.25) is 0 Å². The van der Waals surface area contributed by atoms with Crippen LogP contribution >= 0.6 is 43.2 Å². The molecule has 40 heavy (non-hydrogen) atoms. The molecule has 0 spiro atoms. The van der Waals surface area contributed by atoms with E-state index >= 15 is 13.2 Å². The third kappa shape index (κ3) is 7.34. The number of thioether (sulfide) groups is 3. The number of benzene rings is 3. The molecule has 0 radical (unpaired) electrons. The van der Waals surface area contributed by atoms with Crippen LogP contribution < -0.4 is 15.9 Å². The van der Waals surface area contributed by atoms with Gasteiger partial charge in [-0.2, -0.15) is 0 Å². The first-order valence-electron chi connectivity index (χ1n) is 11.7. The van der Waals surface area contributed by atoms with Gasteiger partial charge in [0.15, 0.2) is 0 Å². The van der Waals surface area contributed by atoms with Gasteiger partial charge in [0, 0.05) is 72.9 Å². The van der Waals surface area contributed by atoms with E-state index in [1.807, 2.05) is 0 Å². The van der Waals surface area contributed by atoms with E-state index in [1.165, 1.54) is 93.4 Å². The van der Waals surface area contributed by atoms with Crippen molar-refractivity contribution in [3.8, 4) is 0 Å². The number of carbonyl (C=O) groups is 3. The summed E-state index contributed by atoms with van der Waals surface area (Å²) in [4.78, 5) is 42.5. The van der Waals surface area contributed by atoms with E-state index in [9.17, 15) is 14.4 Å². The van der Waals surface area contributed by atoms with Gasteiger partial charge in [-0.3, -0.25) is 14.4 Å². The molecule has 0 atom stereocenters. The Balaban J connectivity index is 2.44. The predicted molar refractivity (Wildman–Crippen MR) is 160 cm³/mol. The molecule has 3 aromatic carbocycles. The van der Waals surface area contributed by atoms with Gasteiger partial charge in [-0.25, -0.2) is 13.2 Å². The van der Waals surface area contributed by atoms with Crippen molar-refractivity contribution in [2.75, 3.05) is 42.3 Å². The summed E-state index contributed by atoms with van der Waals surface area (Å²) in [7, 11) is 6.79. The van der Waals surface area contributed by atoms with Gasteiger partial charge in [-0.1, -0.05) is 18.2 Å². The lowest BCUT2D eigenvalue weighted by Gasteiger charge is -2.27. The topological polar surface area (TPSA) is 60.9 Å². The van der Waals surface area contributed by atoms with Gasteiger partial charge in [0.1, 0.15) is 17.5 Å². The molecule has 6 nitrogen and oxygen atoms in total. The highest BCUT2D eigenvalue weighted by Crippen LogP contribution is 2.45. The van der Waals surface area contributed by atoms with E-state index in [2.05, 4.69) is 0 Å². The quantitative estimate of drug-likeness (QED) is 0.241. The van der Waals surface area contributed by atoms with Crippen LogP contribution in [-0.4, -0.2) is 72.7 Å². The van der Waals surface area contributed by atoms with Crippen LogP contribution in [0.3, 0.4) is 0 Å². The fraction of sp³-hybridized carbons (Fsp3) is 0.222. The second-order valence-electron chi connectivity index (χ2n) is 8.88. The van der Waals surface area contributed by atoms with Gasteiger partial charge in [-0.15, -0.1) is 0 Å². The Labute approximate surface area is 245 Å². The van der Waals surface area contributed by atoms with Crippen molar-refractivity contribution in [3.05, 3.63) is 72.0 Å². The molecule has 0 aliphatic heterocycles. The number of amides is 3. The molecule has 0 unspecified atom stereocenters. The average Bonchev–Trinajstić information content (AvgIpc) is 2.87. The van der Waals surface area contributed by atoms with Crippen LogP contribution in [0.4, 0.5) is 27.6 Å². The highest BCUT2D eigenvalue weighted by atomic mass is 32.2. The minimum Gasteiger partial charge on any atom is -0.339 e. The van der Waals surface area contributed by atoms with Crippen molar-refractivity contribution < 1.29 is 27.6 Å². The van der Waals surface area contributed by atoms with Crippen molar-refractivity contribution >= 4 is 74.8 Å². The molecule has 3 amide bonds. The van der Waals surface area contributed by atoms with Crippen LogP contribution in [0.1, 0.15) is 0 Å². The molecule has 13 heteroatoms. The van der Waals surface area contributed by atoms with Crippen LogP contribution in [0.2, 0.25) is 0 Å². The number of rotatable bonds is 6. The monoisotopic (exact) mass is 625 g/mol. The maximum absolute atomic E-state index is 15.9. The first-order chi connectivity index (χ1) is 18.8. The van der Waals surface area contributed by atoms with E-state index in [4.69, 9.17) is 0 Å². The predicted octanol–water partition coefficient (Wildman–Crippen LogP) is 6.18. The van der Waals surface area contributed by atoms with Crippen molar-refractivity contribution in [1.29, 1.82) is 0 Å².